The normalized spacial score (nSPS) is 24.0. The van der Waals surface area contributed by atoms with E-state index in [9.17, 15) is 9.59 Å². The third-order valence-corrected chi connectivity index (χ3v) is 6.22. The molecule has 5 rings (SSSR count). The lowest BCUT2D eigenvalue weighted by molar-refractivity contribution is 0.143. The zero-order valence-corrected chi connectivity index (χ0v) is 15.7. The van der Waals surface area contributed by atoms with Crippen molar-refractivity contribution in [1.29, 1.82) is 0 Å². The number of fused-ring (bicyclic) bond motifs is 3. The van der Waals surface area contributed by atoms with E-state index in [1.807, 2.05) is 11.5 Å². The zero-order chi connectivity index (χ0) is 19.6. The van der Waals surface area contributed by atoms with E-state index in [1.165, 1.54) is 12.3 Å². The number of carboxylic acid groups (broad SMARTS) is 1. The van der Waals surface area contributed by atoms with Crippen LogP contribution in [0.2, 0.25) is 0 Å². The molecule has 1 saturated carbocycles. The minimum absolute atomic E-state index is 0.175. The molecule has 28 heavy (non-hydrogen) atoms. The number of rotatable bonds is 3. The van der Waals surface area contributed by atoms with Crippen molar-refractivity contribution >= 4 is 22.7 Å². The van der Waals surface area contributed by atoms with Crippen molar-refractivity contribution in [3.8, 4) is 5.75 Å². The Bertz CT molecular complexity index is 1050. The lowest BCUT2D eigenvalue weighted by atomic mass is 10.0. The van der Waals surface area contributed by atoms with Gasteiger partial charge < -0.3 is 19.3 Å². The highest BCUT2D eigenvalue weighted by molar-refractivity contribution is 5.89. The number of aryl methyl sites for hydroxylation is 1. The SMILES string of the molecule is Cc1c(N2CCN3CCC2C3)c(F)cc2c(=O)c(OC(=O)O)cn(C3CC3)c12. The number of ether oxygens (including phenoxy) is 1. The maximum Gasteiger partial charge on any atom is 0.511 e. The largest absolute Gasteiger partial charge is 0.511 e. The van der Waals surface area contributed by atoms with Gasteiger partial charge in [-0.2, -0.15) is 0 Å². The first kappa shape index (κ1) is 17.5. The van der Waals surface area contributed by atoms with Gasteiger partial charge in [-0.1, -0.05) is 0 Å². The summed E-state index contributed by atoms with van der Waals surface area (Å²) in [6.45, 7) is 5.52. The Hall–Kier alpha value is -2.61. The second-order valence-electron chi connectivity index (χ2n) is 7.99. The summed E-state index contributed by atoms with van der Waals surface area (Å²) in [5, 5.41) is 9.11. The number of hydrogen-bond acceptors (Lipinski definition) is 5. The monoisotopic (exact) mass is 387 g/mol. The standard InChI is InChI=1S/C20H22FN3O4/c1-11-17-14(19(25)16(28-20(26)27)10-24(17)12-2-3-12)8-15(21)18(11)23-7-6-22-5-4-13(23)9-22/h8,10,12-13H,2-7,9H2,1H3,(H,26,27). The number of halogens is 1. The molecule has 2 saturated heterocycles. The van der Waals surface area contributed by atoms with Crippen molar-refractivity contribution in [2.45, 2.75) is 38.3 Å². The van der Waals surface area contributed by atoms with Gasteiger partial charge in [0.25, 0.3) is 0 Å². The number of anilines is 1. The van der Waals surface area contributed by atoms with Gasteiger partial charge in [-0.15, -0.1) is 0 Å². The lowest BCUT2D eigenvalue weighted by Gasteiger charge is -2.37. The van der Waals surface area contributed by atoms with Crippen LogP contribution in [-0.2, 0) is 0 Å². The molecule has 1 aromatic carbocycles. The van der Waals surface area contributed by atoms with E-state index < -0.39 is 17.4 Å². The topological polar surface area (TPSA) is 75.0 Å². The maximum absolute atomic E-state index is 15.3. The number of aromatic nitrogens is 1. The third kappa shape index (κ3) is 2.66. The molecule has 1 aromatic heterocycles. The number of benzene rings is 1. The van der Waals surface area contributed by atoms with E-state index >= 15 is 4.39 Å². The van der Waals surface area contributed by atoms with Gasteiger partial charge >= 0.3 is 6.16 Å². The van der Waals surface area contributed by atoms with Gasteiger partial charge in [0.1, 0.15) is 5.82 Å². The quantitative estimate of drug-likeness (QED) is 0.817. The first-order valence-electron chi connectivity index (χ1n) is 9.71. The third-order valence-electron chi connectivity index (χ3n) is 6.22. The van der Waals surface area contributed by atoms with E-state index in [0.29, 0.717) is 11.2 Å². The second kappa shape index (κ2) is 6.20. The molecule has 7 nitrogen and oxygen atoms in total. The van der Waals surface area contributed by atoms with Gasteiger partial charge in [-0.25, -0.2) is 9.18 Å². The highest BCUT2D eigenvalue weighted by atomic mass is 19.1. The van der Waals surface area contributed by atoms with E-state index in [0.717, 1.165) is 51.0 Å². The molecule has 3 fully saturated rings. The van der Waals surface area contributed by atoms with Crippen molar-refractivity contribution in [2.75, 3.05) is 31.1 Å². The molecule has 0 spiro atoms. The fraction of sp³-hybridized carbons (Fsp3) is 0.500. The van der Waals surface area contributed by atoms with Crippen molar-refractivity contribution < 1.29 is 19.0 Å². The Morgan fingerprint density at radius 2 is 2.00 bits per heavy atom. The number of piperazine rings is 1. The Balaban J connectivity index is 1.73. The minimum Gasteiger partial charge on any atom is -0.449 e. The summed E-state index contributed by atoms with van der Waals surface area (Å²) in [5.74, 6) is -0.708. The Labute approximate surface area is 160 Å². The summed E-state index contributed by atoms with van der Waals surface area (Å²) in [6, 6.07) is 1.73. The summed E-state index contributed by atoms with van der Waals surface area (Å²) in [6.07, 6.45) is 2.82. The Morgan fingerprint density at radius 3 is 2.71 bits per heavy atom. The molecule has 0 radical (unpaired) electrons. The van der Waals surface area contributed by atoms with Crippen LogP contribution in [-0.4, -0.2) is 52.9 Å². The van der Waals surface area contributed by atoms with Crippen LogP contribution in [0.3, 0.4) is 0 Å². The number of pyridine rings is 1. The van der Waals surface area contributed by atoms with Crippen LogP contribution in [0.5, 0.6) is 5.75 Å². The highest BCUT2D eigenvalue weighted by Gasteiger charge is 2.36. The van der Waals surface area contributed by atoms with Crippen LogP contribution in [0, 0.1) is 12.7 Å². The first-order valence-corrected chi connectivity index (χ1v) is 9.71. The predicted octanol–water partition coefficient (Wildman–Crippen LogP) is 2.74. The van der Waals surface area contributed by atoms with Crippen LogP contribution in [0.4, 0.5) is 14.9 Å². The van der Waals surface area contributed by atoms with Gasteiger partial charge in [0, 0.05) is 38.3 Å². The first-order chi connectivity index (χ1) is 13.4. The van der Waals surface area contributed by atoms with Crippen LogP contribution in [0.1, 0.15) is 30.9 Å². The molecule has 148 valence electrons. The lowest BCUT2D eigenvalue weighted by Crippen LogP contribution is -2.47. The van der Waals surface area contributed by atoms with E-state index in [2.05, 4.69) is 14.5 Å². The molecule has 0 amide bonds. The zero-order valence-electron chi connectivity index (χ0n) is 15.7. The molecule has 2 aliphatic heterocycles. The molecule has 2 aromatic rings. The van der Waals surface area contributed by atoms with Crippen molar-refractivity contribution in [3.05, 3.63) is 33.9 Å². The molecule has 2 bridgehead atoms. The fourth-order valence-electron chi connectivity index (χ4n) is 4.80. The molecular formula is C20H22FN3O4. The van der Waals surface area contributed by atoms with Gasteiger partial charge in [-0.3, -0.25) is 9.69 Å². The molecular weight excluding hydrogens is 365 g/mol. The van der Waals surface area contributed by atoms with E-state index in [-0.39, 0.29) is 23.2 Å². The minimum atomic E-state index is -1.55. The summed E-state index contributed by atoms with van der Waals surface area (Å²) < 4.78 is 21.8. The Morgan fingerprint density at radius 1 is 1.21 bits per heavy atom. The average molecular weight is 387 g/mol. The van der Waals surface area contributed by atoms with Crippen LogP contribution in [0.15, 0.2) is 17.1 Å². The second-order valence-corrected chi connectivity index (χ2v) is 7.99. The smallest absolute Gasteiger partial charge is 0.449 e. The van der Waals surface area contributed by atoms with Crippen molar-refractivity contribution in [3.63, 3.8) is 0 Å². The van der Waals surface area contributed by atoms with Gasteiger partial charge in [-0.05, 0) is 37.8 Å². The number of nitrogens with zero attached hydrogens (tertiary/aromatic N) is 3. The Kier molecular flexibility index (Phi) is 3.87. The van der Waals surface area contributed by atoms with Crippen molar-refractivity contribution in [1.82, 2.24) is 9.47 Å². The molecule has 1 aliphatic carbocycles. The molecule has 1 N–H and O–H groups in total. The summed E-state index contributed by atoms with van der Waals surface area (Å²) in [7, 11) is 0. The molecule has 3 heterocycles. The molecule has 3 aliphatic rings. The van der Waals surface area contributed by atoms with Gasteiger partial charge in [0.05, 0.1) is 22.8 Å². The maximum atomic E-state index is 15.3. The average Bonchev–Trinajstić information content (AvgIpc) is 3.42. The molecule has 8 heteroatoms. The number of carbonyl (C=O) groups is 1. The number of hydrogen-bond donors (Lipinski definition) is 1. The summed E-state index contributed by atoms with van der Waals surface area (Å²) in [5.41, 5.74) is 1.40. The highest BCUT2D eigenvalue weighted by Crippen LogP contribution is 2.41. The van der Waals surface area contributed by atoms with Gasteiger partial charge in [0.15, 0.2) is 5.75 Å². The fourth-order valence-corrected chi connectivity index (χ4v) is 4.80. The summed E-state index contributed by atoms with van der Waals surface area (Å²) >= 11 is 0. The molecule has 2 unspecified atom stereocenters. The molecule has 2 atom stereocenters. The van der Waals surface area contributed by atoms with Crippen LogP contribution in [0.25, 0.3) is 10.9 Å². The predicted molar refractivity (Wildman–Crippen MR) is 102 cm³/mol. The van der Waals surface area contributed by atoms with Crippen LogP contribution < -0.4 is 15.1 Å². The van der Waals surface area contributed by atoms with E-state index in [1.54, 1.807) is 0 Å². The van der Waals surface area contributed by atoms with Gasteiger partial charge in [0.2, 0.25) is 5.43 Å². The van der Waals surface area contributed by atoms with E-state index in [4.69, 9.17) is 5.11 Å². The van der Waals surface area contributed by atoms with Crippen molar-refractivity contribution in [2.24, 2.45) is 0 Å². The van der Waals surface area contributed by atoms with Crippen LogP contribution >= 0.6 is 0 Å². The summed E-state index contributed by atoms with van der Waals surface area (Å²) in [4.78, 5) is 28.3.